The number of unbranched alkanes of at least 4 members (excludes halogenated alkanes) is 2. The average Bonchev–Trinajstić information content (AvgIpc) is 2.98. The van der Waals surface area contributed by atoms with E-state index in [9.17, 15) is 19.5 Å². The molecule has 1 N–H and O–H groups in total. The summed E-state index contributed by atoms with van der Waals surface area (Å²) in [6, 6.07) is 25.2. The second kappa shape index (κ2) is 17.2. The van der Waals surface area contributed by atoms with E-state index in [2.05, 4.69) is 30.3 Å². The molecule has 7 heteroatoms. The van der Waals surface area contributed by atoms with Gasteiger partial charge in [0.1, 0.15) is 5.75 Å². The Kier molecular flexibility index (Phi) is 13.4. The molecule has 0 bridgehead atoms. The number of ether oxygens (including phenoxy) is 2. The summed E-state index contributed by atoms with van der Waals surface area (Å²) >= 11 is 0. The molecule has 0 aliphatic carbocycles. The van der Waals surface area contributed by atoms with Crippen molar-refractivity contribution >= 4 is 17.7 Å². The molecule has 7 nitrogen and oxygen atoms in total. The number of rotatable bonds is 19. The van der Waals surface area contributed by atoms with Crippen molar-refractivity contribution in [3.8, 4) is 5.75 Å². The van der Waals surface area contributed by atoms with Crippen LogP contribution in [0, 0.1) is 5.41 Å². The van der Waals surface area contributed by atoms with Gasteiger partial charge in [-0.05, 0) is 73.9 Å². The molecule has 230 valence electrons. The molecule has 0 aliphatic heterocycles. The number of carbonyl (C=O) groups excluding carboxylic acids is 2. The highest BCUT2D eigenvalue weighted by atomic mass is 16.5. The summed E-state index contributed by atoms with van der Waals surface area (Å²) in [6.07, 6.45) is 4.95. The first-order chi connectivity index (χ1) is 20.7. The van der Waals surface area contributed by atoms with E-state index in [1.54, 1.807) is 45.0 Å². The van der Waals surface area contributed by atoms with E-state index < -0.39 is 11.4 Å². The molecule has 0 unspecified atom stereocenters. The van der Waals surface area contributed by atoms with Gasteiger partial charge in [0.2, 0.25) is 0 Å². The van der Waals surface area contributed by atoms with Gasteiger partial charge >= 0.3 is 11.9 Å². The van der Waals surface area contributed by atoms with E-state index in [1.807, 2.05) is 29.2 Å². The van der Waals surface area contributed by atoms with Gasteiger partial charge in [-0.15, -0.1) is 0 Å². The predicted molar refractivity (Wildman–Crippen MR) is 168 cm³/mol. The van der Waals surface area contributed by atoms with E-state index in [4.69, 9.17) is 9.47 Å². The van der Waals surface area contributed by atoms with Gasteiger partial charge in [-0.1, -0.05) is 74.5 Å². The summed E-state index contributed by atoms with van der Waals surface area (Å²) in [7, 11) is 0. The van der Waals surface area contributed by atoms with Gasteiger partial charge < -0.3 is 14.6 Å². The van der Waals surface area contributed by atoms with Crippen LogP contribution >= 0.6 is 0 Å². The lowest BCUT2D eigenvalue weighted by Gasteiger charge is -2.28. The maximum absolute atomic E-state index is 13.4. The van der Waals surface area contributed by atoms with Gasteiger partial charge in [0, 0.05) is 18.5 Å². The van der Waals surface area contributed by atoms with Crippen molar-refractivity contribution in [1.29, 1.82) is 0 Å². The Bertz CT molecular complexity index is 1300. The minimum Gasteiger partial charge on any atom is -0.493 e. The van der Waals surface area contributed by atoms with E-state index in [1.165, 1.54) is 5.56 Å². The first-order valence-electron chi connectivity index (χ1n) is 15.2. The zero-order chi connectivity index (χ0) is 31.1. The Morgan fingerprint density at radius 2 is 1.51 bits per heavy atom. The maximum atomic E-state index is 13.4. The maximum Gasteiger partial charge on any atom is 0.335 e. The van der Waals surface area contributed by atoms with Gasteiger partial charge in [0.25, 0.3) is 0 Å². The molecule has 0 saturated carbocycles. The Morgan fingerprint density at radius 1 is 0.814 bits per heavy atom. The lowest BCUT2D eigenvalue weighted by Crippen LogP contribution is -2.39. The fraction of sp³-hybridized carbons (Fsp3) is 0.417. The number of carboxylic acids is 1. The monoisotopic (exact) mass is 587 g/mol. The van der Waals surface area contributed by atoms with Crippen molar-refractivity contribution in [2.75, 3.05) is 26.3 Å². The Morgan fingerprint density at radius 3 is 2.21 bits per heavy atom. The number of nitrogens with zero attached hydrogens (tertiary/aromatic N) is 1. The molecule has 0 aromatic heterocycles. The number of aryl methyl sites for hydroxylation is 1. The SMILES string of the molecule is CCOC(=O)CC(C)(C)C(=O)CN(CCc1ccccc1OCCCCCc1ccccc1)Cc1ccc(C(=O)O)cc1. The smallest absolute Gasteiger partial charge is 0.335 e. The number of hydrogen-bond donors (Lipinski definition) is 1. The molecule has 0 atom stereocenters. The number of carboxylic acid groups (broad SMARTS) is 1. The highest BCUT2D eigenvalue weighted by molar-refractivity contribution is 5.89. The number of Topliss-reactive ketones (excluding diaryl/α,β-unsaturated/α-hetero) is 1. The van der Waals surface area contributed by atoms with Crippen molar-refractivity contribution in [2.24, 2.45) is 5.41 Å². The first-order valence-corrected chi connectivity index (χ1v) is 15.2. The minimum absolute atomic E-state index is 0.0167. The molecule has 3 aromatic rings. The molecule has 0 heterocycles. The lowest BCUT2D eigenvalue weighted by atomic mass is 9.84. The summed E-state index contributed by atoms with van der Waals surface area (Å²) in [5.74, 6) is -0.567. The van der Waals surface area contributed by atoms with Crippen LogP contribution in [0.2, 0.25) is 0 Å². The second-order valence-corrected chi connectivity index (χ2v) is 11.5. The van der Waals surface area contributed by atoms with Crippen LogP contribution in [0.4, 0.5) is 0 Å². The van der Waals surface area contributed by atoms with Gasteiger partial charge in [-0.2, -0.15) is 0 Å². The average molecular weight is 588 g/mol. The third kappa shape index (κ3) is 11.7. The van der Waals surface area contributed by atoms with E-state index in [-0.39, 0.29) is 36.9 Å². The number of esters is 1. The number of para-hydroxylation sites is 1. The van der Waals surface area contributed by atoms with Gasteiger partial charge in [0.15, 0.2) is 5.78 Å². The van der Waals surface area contributed by atoms with Crippen LogP contribution in [0.5, 0.6) is 5.75 Å². The largest absolute Gasteiger partial charge is 0.493 e. The number of benzene rings is 3. The first kappa shape index (κ1) is 33.5. The molecular formula is C36H45NO6. The molecule has 3 aromatic carbocycles. The summed E-state index contributed by atoms with van der Waals surface area (Å²) in [5, 5.41) is 9.26. The highest BCUT2D eigenvalue weighted by Crippen LogP contribution is 2.25. The third-order valence-corrected chi connectivity index (χ3v) is 7.50. The van der Waals surface area contributed by atoms with Crippen LogP contribution in [0.1, 0.15) is 73.5 Å². The Labute approximate surface area is 255 Å². The summed E-state index contributed by atoms with van der Waals surface area (Å²) in [6.45, 7) is 7.41. The zero-order valence-corrected chi connectivity index (χ0v) is 25.7. The van der Waals surface area contributed by atoms with Crippen molar-refractivity contribution < 1.29 is 29.0 Å². The molecular weight excluding hydrogens is 542 g/mol. The van der Waals surface area contributed by atoms with Gasteiger partial charge in [-0.25, -0.2) is 4.79 Å². The van der Waals surface area contributed by atoms with Crippen LogP contribution in [-0.2, 0) is 33.7 Å². The summed E-state index contributed by atoms with van der Waals surface area (Å²) < 4.78 is 11.3. The second-order valence-electron chi connectivity index (χ2n) is 11.5. The van der Waals surface area contributed by atoms with Crippen molar-refractivity contribution in [3.63, 3.8) is 0 Å². The van der Waals surface area contributed by atoms with Crippen LogP contribution in [0.15, 0.2) is 78.9 Å². The number of hydrogen-bond acceptors (Lipinski definition) is 6. The Hall–Kier alpha value is -3.97. The third-order valence-electron chi connectivity index (χ3n) is 7.50. The molecule has 0 fully saturated rings. The van der Waals surface area contributed by atoms with Crippen LogP contribution in [-0.4, -0.2) is 54.0 Å². The zero-order valence-electron chi connectivity index (χ0n) is 25.7. The standard InChI is InChI=1S/C36H45NO6/c1-4-42-34(39)25-36(2,3)33(38)27-37(26-29-18-20-31(21-19-29)35(40)41)23-22-30-16-10-11-17-32(30)43-24-12-6-9-15-28-13-7-5-8-14-28/h5,7-8,10-11,13-14,16-21H,4,6,9,12,15,22-27H2,1-3H3,(H,40,41). The van der Waals surface area contributed by atoms with E-state index in [0.29, 0.717) is 26.1 Å². The molecule has 0 spiro atoms. The molecule has 0 saturated heterocycles. The van der Waals surface area contributed by atoms with Gasteiger partial charge in [-0.3, -0.25) is 14.5 Å². The predicted octanol–water partition coefficient (Wildman–Crippen LogP) is 6.77. The number of aromatic carboxylic acids is 1. The van der Waals surface area contributed by atoms with Crippen LogP contribution in [0.25, 0.3) is 0 Å². The molecule has 43 heavy (non-hydrogen) atoms. The van der Waals surface area contributed by atoms with E-state index >= 15 is 0 Å². The molecule has 0 radical (unpaired) electrons. The fourth-order valence-electron chi connectivity index (χ4n) is 4.88. The number of ketones is 1. The normalized spacial score (nSPS) is 11.3. The van der Waals surface area contributed by atoms with Crippen LogP contribution in [0.3, 0.4) is 0 Å². The highest BCUT2D eigenvalue weighted by Gasteiger charge is 2.32. The van der Waals surface area contributed by atoms with Crippen molar-refractivity contribution in [3.05, 3.63) is 101 Å². The summed E-state index contributed by atoms with van der Waals surface area (Å²) in [5.41, 5.74) is 2.67. The van der Waals surface area contributed by atoms with Crippen molar-refractivity contribution in [1.82, 2.24) is 4.90 Å². The molecule has 3 rings (SSSR count). The molecule has 0 aliphatic rings. The van der Waals surface area contributed by atoms with Crippen LogP contribution < -0.4 is 4.74 Å². The molecule has 0 amide bonds. The topological polar surface area (TPSA) is 93.1 Å². The quantitative estimate of drug-likeness (QED) is 0.122. The van der Waals surface area contributed by atoms with Crippen molar-refractivity contribution in [2.45, 2.75) is 65.8 Å². The fourth-order valence-corrected chi connectivity index (χ4v) is 4.88. The number of carbonyl (C=O) groups is 3. The van der Waals surface area contributed by atoms with E-state index in [0.717, 1.165) is 42.6 Å². The summed E-state index contributed by atoms with van der Waals surface area (Å²) in [4.78, 5) is 38.9. The van der Waals surface area contributed by atoms with Gasteiger partial charge in [0.05, 0.1) is 31.7 Å². The Balaban J connectivity index is 1.61. The minimum atomic E-state index is -0.980. The lowest BCUT2D eigenvalue weighted by molar-refractivity contribution is -0.148.